The summed E-state index contributed by atoms with van der Waals surface area (Å²) in [5.41, 5.74) is 2.15. The summed E-state index contributed by atoms with van der Waals surface area (Å²) >= 11 is 6.13. The van der Waals surface area contributed by atoms with Crippen molar-refractivity contribution in [2.75, 3.05) is 0 Å². The minimum Gasteiger partial charge on any atom is -0.462 e. The van der Waals surface area contributed by atoms with E-state index >= 15 is 0 Å². The molecule has 0 radical (unpaired) electrons. The molecule has 0 N–H and O–H groups in total. The maximum atomic E-state index is 12.1. The van der Waals surface area contributed by atoms with E-state index in [1.807, 2.05) is 32.0 Å². The molecule has 0 aliphatic heterocycles. The van der Waals surface area contributed by atoms with Crippen LogP contribution in [0.15, 0.2) is 18.2 Å². The van der Waals surface area contributed by atoms with Crippen molar-refractivity contribution in [3.63, 3.8) is 0 Å². The number of carbonyl (C=O) groups is 1. The second kappa shape index (κ2) is 10.2. The second-order valence-electron chi connectivity index (χ2n) is 7.30. The molecule has 1 aromatic rings. The number of aryl methyl sites for hydroxylation is 1. The minimum atomic E-state index is -0.0507. The lowest BCUT2D eigenvalue weighted by Gasteiger charge is -2.35. The van der Waals surface area contributed by atoms with Gasteiger partial charge in [-0.1, -0.05) is 63.3 Å². The van der Waals surface area contributed by atoms with Gasteiger partial charge in [-0.3, -0.25) is 4.79 Å². The molecule has 0 amide bonds. The molecule has 1 aliphatic rings. The fraction of sp³-hybridized carbons (Fsp3) is 0.667. The molecule has 2 rings (SSSR count). The maximum Gasteiger partial charge on any atom is 0.308 e. The van der Waals surface area contributed by atoms with Crippen molar-refractivity contribution >= 4 is 17.6 Å². The Morgan fingerprint density at radius 2 is 2.00 bits per heavy atom. The largest absolute Gasteiger partial charge is 0.462 e. The average Bonchev–Trinajstić information content (AvgIpc) is 2.56. The standard InChI is InChI=1S/C21H31ClO3/c1-4-5-6-7-8-16(3)21(23)25-19-12-18(13-19)24-14-17-10-9-15(2)20(22)11-17/h9-11,16,18-19H,4-8,12-14H2,1-3H3. The quantitative estimate of drug-likeness (QED) is 0.385. The lowest BCUT2D eigenvalue weighted by atomic mass is 9.91. The molecule has 0 bridgehead atoms. The first-order valence-corrected chi connectivity index (χ1v) is 9.94. The van der Waals surface area contributed by atoms with Crippen LogP contribution >= 0.6 is 11.6 Å². The zero-order valence-electron chi connectivity index (χ0n) is 15.7. The number of hydrogen-bond acceptors (Lipinski definition) is 3. The van der Waals surface area contributed by atoms with E-state index in [2.05, 4.69) is 6.92 Å². The molecule has 1 aliphatic carbocycles. The van der Waals surface area contributed by atoms with Gasteiger partial charge in [0, 0.05) is 17.9 Å². The Labute approximate surface area is 157 Å². The fourth-order valence-corrected chi connectivity index (χ4v) is 3.17. The van der Waals surface area contributed by atoms with E-state index in [9.17, 15) is 4.79 Å². The average molecular weight is 367 g/mol. The van der Waals surface area contributed by atoms with Gasteiger partial charge in [0.25, 0.3) is 0 Å². The van der Waals surface area contributed by atoms with Crippen LogP contribution in [0.1, 0.15) is 69.9 Å². The van der Waals surface area contributed by atoms with Crippen LogP contribution in [0.5, 0.6) is 0 Å². The number of esters is 1. The summed E-state index contributed by atoms with van der Waals surface area (Å²) in [6.07, 6.45) is 7.51. The molecular formula is C21H31ClO3. The smallest absolute Gasteiger partial charge is 0.308 e. The summed E-state index contributed by atoms with van der Waals surface area (Å²) in [5.74, 6) is -0.0446. The zero-order chi connectivity index (χ0) is 18.2. The summed E-state index contributed by atoms with van der Waals surface area (Å²) in [6.45, 7) is 6.71. The molecule has 3 nitrogen and oxygen atoms in total. The molecule has 140 valence electrons. The molecular weight excluding hydrogens is 336 g/mol. The summed E-state index contributed by atoms with van der Waals surface area (Å²) in [7, 11) is 0. The van der Waals surface area contributed by atoms with E-state index in [1.165, 1.54) is 19.3 Å². The number of ether oxygens (including phenoxy) is 2. The van der Waals surface area contributed by atoms with Crippen molar-refractivity contribution < 1.29 is 14.3 Å². The van der Waals surface area contributed by atoms with E-state index in [0.717, 1.165) is 41.8 Å². The lowest BCUT2D eigenvalue weighted by molar-refractivity contribution is -0.167. The van der Waals surface area contributed by atoms with Crippen LogP contribution in [-0.2, 0) is 20.9 Å². The molecule has 1 saturated carbocycles. The maximum absolute atomic E-state index is 12.1. The van der Waals surface area contributed by atoms with Crippen molar-refractivity contribution in [2.24, 2.45) is 5.92 Å². The molecule has 0 spiro atoms. The second-order valence-corrected chi connectivity index (χ2v) is 7.70. The summed E-state index contributed by atoms with van der Waals surface area (Å²) in [4.78, 5) is 12.1. The highest BCUT2D eigenvalue weighted by molar-refractivity contribution is 6.31. The third-order valence-electron chi connectivity index (χ3n) is 4.95. The monoisotopic (exact) mass is 366 g/mol. The first kappa shape index (κ1) is 20.3. The number of unbranched alkanes of at least 4 members (excludes halogenated alkanes) is 3. The van der Waals surface area contributed by atoms with Gasteiger partial charge in [0.15, 0.2) is 0 Å². The first-order chi connectivity index (χ1) is 12.0. The van der Waals surface area contributed by atoms with E-state index < -0.39 is 0 Å². The highest BCUT2D eigenvalue weighted by atomic mass is 35.5. The van der Waals surface area contributed by atoms with Crippen LogP contribution < -0.4 is 0 Å². The van der Waals surface area contributed by atoms with Crippen molar-refractivity contribution in [3.05, 3.63) is 34.3 Å². The third kappa shape index (κ3) is 6.63. The molecule has 0 aromatic heterocycles. The summed E-state index contributed by atoms with van der Waals surface area (Å²) in [5, 5.41) is 0.773. The van der Waals surface area contributed by atoms with Crippen LogP contribution in [0.2, 0.25) is 5.02 Å². The van der Waals surface area contributed by atoms with E-state index in [0.29, 0.717) is 6.61 Å². The Hall–Kier alpha value is -1.06. The predicted molar refractivity (Wildman–Crippen MR) is 102 cm³/mol. The van der Waals surface area contributed by atoms with E-state index in [1.54, 1.807) is 0 Å². The molecule has 25 heavy (non-hydrogen) atoms. The molecule has 1 unspecified atom stereocenters. The Bertz CT molecular complexity index is 552. The zero-order valence-corrected chi connectivity index (χ0v) is 16.5. The highest BCUT2D eigenvalue weighted by Gasteiger charge is 2.33. The van der Waals surface area contributed by atoms with Crippen LogP contribution in [-0.4, -0.2) is 18.2 Å². The molecule has 0 saturated heterocycles. The van der Waals surface area contributed by atoms with Crippen LogP contribution in [0.25, 0.3) is 0 Å². The number of halogens is 1. The Balaban J connectivity index is 1.60. The Morgan fingerprint density at radius 1 is 1.24 bits per heavy atom. The molecule has 4 heteroatoms. The number of hydrogen-bond donors (Lipinski definition) is 0. The van der Waals surface area contributed by atoms with Crippen LogP contribution in [0.3, 0.4) is 0 Å². The summed E-state index contributed by atoms with van der Waals surface area (Å²) in [6, 6.07) is 6.00. The lowest BCUT2D eigenvalue weighted by Crippen LogP contribution is -2.39. The molecule has 1 fully saturated rings. The first-order valence-electron chi connectivity index (χ1n) is 9.56. The van der Waals surface area contributed by atoms with E-state index in [4.69, 9.17) is 21.1 Å². The van der Waals surface area contributed by atoms with Gasteiger partial charge in [0.2, 0.25) is 0 Å². The number of benzene rings is 1. The minimum absolute atomic E-state index is 0.00604. The van der Waals surface area contributed by atoms with Gasteiger partial charge in [-0.15, -0.1) is 0 Å². The van der Waals surface area contributed by atoms with Gasteiger partial charge < -0.3 is 9.47 Å². The number of rotatable bonds is 10. The van der Waals surface area contributed by atoms with Crippen molar-refractivity contribution in [1.29, 1.82) is 0 Å². The third-order valence-corrected chi connectivity index (χ3v) is 5.36. The predicted octanol–water partition coefficient (Wildman–Crippen LogP) is 5.85. The van der Waals surface area contributed by atoms with Gasteiger partial charge in [0.1, 0.15) is 6.10 Å². The summed E-state index contributed by atoms with van der Waals surface area (Å²) < 4.78 is 11.5. The van der Waals surface area contributed by atoms with Gasteiger partial charge in [-0.05, 0) is 30.5 Å². The van der Waals surface area contributed by atoms with Crippen LogP contribution in [0.4, 0.5) is 0 Å². The van der Waals surface area contributed by atoms with Gasteiger partial charge in [0.05, 0.1) is 18.6 Å². The molecule has 1 aromatic carbocycles. The van der Waals surface area contributed by atoms with Gasteiger partial charge >= 0.3 is 5.97 Å². The van der Waals surface area contributed by atoms with E-state index in [-0.39, 0.29) is 24.1 Å². The van der Waals surface area contributed by atoms with Crippen molar-refractivity contribution in [1.82, 2.24) is 0 Å². The fourth-order valence-electron chi connectivity index (χ4n) is 2.97. The van der Waals surface area contributed by atoms with Crippen LogP contribution in [0, 0.1) is 12.8 Å². The topological polar surface area (TPSA) is 35.5 Å². The Kier molecular flexibility index (Phi) is 8.25. The van der Waals surface area contributed by atoms with Crippen molar-refractivity contribution in [2.45, 2.75) is 84.5 Å². The van der Waals surface area contributed by atoms with Gasteiger partial charge in [-0.2, -0.15) is 0 Å². The Morgan fingerprint density at radius 3 is 2.68 bits per heavy atom. The molecule has 1 atom stereocenters. The van der Waals surface area contributed by atoms with Crippen molar-refractivity contribution in [3.8, 4) is 0 Å². The number of carbonyl (C=O) groups excluding carboxylic acids is 1. The highest BCUT2D eigenvalue weighted by Crippen LogP contribution is 2.29. The van der Waals surface area contributed by atoms with Gasteiger partial charge in [-0.25, -0.2) is 0 Å². The molecule has 0 heterocycles. The SMILES string of the molecule is CCCCCCC(C)C(=O)OC1CC(OCc2ccc(C)c(Cl)c2)C1. The normalized spacial score (nSPS) is 20.8.